The van der Waals surface area contributed by atoms with Gasteiger partial charge in [-0.15, -0.1) is 11.3 Å². The minimum Gasteiger partial charge on any atom is -0.322 e. The van der Waals surface area contributed by atoms with Crippen LogP contribution in [0.3, 0.4) is 0 Å². The Hall–Kier alpha value is -3.14. The molecule has 0 spiro atoms. The highest BCUT2D eigenvalue weighted by Crippen LogP contribution is 2.26. The van der Waals surface area contributed by atoms with Gasteiger partial charge < -0.3 is 10.6 Å². The molecule has 0 atom stereocenters. The third kappa shape index (κ3) is 4.83. The highest BCUT2D eigenvalue weighted by Gasteiger charge is 2.19. The van der Waals surface area contributed by atoms with E-state index in [2.05, 4.69) is 16.7 Å². The lowest BCUT2D eigenvalue weighted by Crippen LogP contribution is -2.15. The summed E-state index contributed by atoms with van der Waals surface area (Å²) in [5.74, 6) is -0.615. The molecule has 3 rings (SSSR count). The Morgan fingerprint density at radius 2 is 1.76 bits per heavy atom. The minimum absolute atomic E-state index is 0.282. The molecule has 2 amide bonds. The first-order chi connectivity index (χ1) is 13.8. The first-order valence-electron chi connectivity index (χ1n) is 8.78. The highest BCUT2D eigenvalue weighted by atomic mass is 35.5. The predicted molar refractivity (Wildman–Crippen MR) is 117 cm³/mol. The third-order valence-electron chi connectivity index (χ3n) is 4.37. The minimum atomic E-state index is -0.603. The standard InChI is InChI=1S/C22H18ClN3O2S/c1-22(2,13-24)15-6-8-16(9-7-15)25-20(27)14-5-10-17(23)18(12-14)26-21(28)19-4-3-11-29-19/h3-12H,1-2H3,(H,25,27)(H,26,28). The van der Waals surface area contributed by atoms with Crippen LogP contribution in [0.25, 0.3) is 0 Å². The number of hydrogen-bond donors (Lipinski definition) is 2. The molecule has 0 saturated heterocycles. The van der Waals surface area contributed by atoms with Crippen molar-refractivity contribution in [3.63, 3.8) is 0 Å². The summed E-state index contributed by atoms with van der Waals surface area (Å²) in [6, 6.07) is 17.6. The molecular weight excluding hydrogens is 406 g/mol. The number of carbonyl (C=O) groups excluding carboxylic acids is 2. The van der Waals surface area contributed by atoms with Crippen LogP contribution in [0.15, 0.2) is 60.0 Å². The Balaban J connectivity index is 1.74. The van der Waals surface area contributed by atoms with Crippen molar-refractivity contribution in [2.24, 2.45) is 0 Å². The van der Waals surface area contributed by atoms with Gasteiger partial charge in [0.05, 0.1) is 27.1 Å². The molecule has 0 bridgehead atoms. The molecule has 0 aliphatic rings. The van der Waals surface area contributed by atoms with E-state index in [-0.39, 0.29) is 11.8 Å². The highest BCUT2D eigenvalue weighted by molar-refractivity contribution is 7.12. The van der Waals surface area contributed by atoms with Crippen molar-refractivity contribution in [1.29, 1.82) is 5.26 Å². The molecule has 146 valence electrons. The fraction of sp³-hybridized carbons (Fsp3) is 0.136. The quantitative estimate of drug-likeness (QED) is 0.551. The molecular formula is C22H18ClN3O2S. The maximum absolute atomic E-state index is 12.6. The van der Waals surface area contributed by atoms with Gasteiger partial charge in [0.1, 0.15) is 0 Å². The van der Waals surface area contributed by atoms with E-state index in [1.807, 2.05) is 31.4 Å². The zero-order valence-electron chi connectivity index (χ0n) is 15.8. The van der Waals surface area contributed by atoms with Crippen LogP contribution in [-0.4, -0.2) is 11.8 Å². The number of nitrogens with zero attached hydrogens (tertiary/aromatic N) is 1. The summed E-state index contributed by atoms with van der Waals surface area (Å²) >= 11 is 7.49. The summed E-state index contributed by atoms with van der Waals surface area (Å²) in [6.45, 7) is 3.67. The second-order valence-electron chi connectivity index (χ2n) is 6.89. The monoisotopic (exact) mass is 423 g/mol. The number of nitriles is 1. The lowest BCUT2D eigenvalue weighted by molar-refractivity contribution is 0.101. The number of anilines is 2. The molecule has 0 fully saturated rings. The van der Waals surface area contributed by atoms with Crippen LogP contribution in [0.2, 0.25) is 5.02 Å². The number of benzene rings is 2. The van der Waals surface area contributed by atoms with E-state index in [1.165, 1.54) is 17.4 Å². The Morgan fingerprint density at radius 1 is 1.03 bits per heavy atom. The smallest absolute Gasteiger partial charge is 0.265 e. The molecule has 0 unspecified atom stereocenters. The predicted octanol–water partition coefficient (Wildman–Crippen LogP) is 5.71. The number of nitrogens with one attached hydrogen (secondary N) is 2. The van der Waals surface area contributed by atoms with Crippen molar-refractivity contribution in [2.45, 2.75) is 19.3 Å². The van der Waals surface area contributed by atoms with Gasteiger partial charge in [0.2, 0.25) is 0 Å². The molecule has 1 aromatic heterocycles. The van der Waals surface area contributed by atoms with Crippen LogP contribution < -0.4 is 10.6 Å². The number of halogens is 1. The second kappa shape index (κ2) is 8.48. The number of thiophene rings is 1. The topological polar surface area (TPSA) is 82.0 Å². The zero-order valence-corrected chi connectivity index (χ0v) is 17.4. The van der Waals surface area contributed by atoms with Crippen molar-refractivity contribution in [2.75, 3.05) is 10.6 Å². The van der Waals surface area contributed by atoms with Gasteiger partial charge in [-0.25, -0.2) is 0 Å². The van der Waals surface area contributed by atoms with Gasteiger partial charge in [-0.1, -0.05) is 29.8 Å². The molecule has 3 aromatic rings. The van der Waals surface area contributed by atoms with E-state index in [9.17, 15) is 14.9 Å². The van der Waals surface area contributed by atoms with E-state index < -0.39 is 5.41 Å². The van der Waals surface area contributed by atoms with E-state index in [0.717, 1.165) is 5.56 Å². The molecule has 5 nitrogen and oxygen atoms in total. The molecule has 2 N–H and O–H groups in total. The Labute approximate surface area is 177 Å². The number of amides is 2. The average Bonchev–Trinajstić information content (AvgIpc) is 3.25. The van der Waals surface area contributed by atoms with Crippen molar-refractivity contribution in [3.8, 4) is 6.07 Å². The van der Waals surface area contributed by atoms with Crippen LogP contribution in [-0.2, 0) is 5.41 Å². The second-order valence-corrected chi connectivity index (χ2v) is 8.25. The van der Waals surface area contributed by atoms with E-state index >= 15 is 0 Å². The first kappa shape index (κ1) is 20.6. The zero-order chi connectivity index (χ0) is 21.0. The van der Waals surface area contributed by atoms with Gasteiger partial charge in [0, 0.05) is 11.3 Å². The SMILES string of the molecule is CC(C)(C#N)c1ccc(NC(=O)c2ccc(Cl)c(NC(=O)c3cccs3)c2)cc1. The number of rotatable bonds is 5. The van der Waals surface area contributed by atoms with Crippen molar-refractivity contribution in [3.05, 3.63) is 81.0 Å². The van der Waals surface area contributed by atoms with Crippen molar-refractivity contribution < 1.29 is 9.59 Å². The van der Waals surface area contributed by atoms with Gasteiger partial charge >= 0.3 is 0 Å². The molecule has 0 saturated carbocycles. The molecule has 7 heteroatoms. The maximum atomic E-state index is 12.6. The van der Waals surface area contributed by atoms with Crippen LogP contribution in [0.1, 0.15) is 39.4 Å². The molecule has 1 heterocycles. The normalized spacial score (nSPS) is 10.8. The number of carbonyl (C=O) groups is 2. The Kier molecular flexibility index (Phi) is 6.02. The van der Waals surface area contributed by atoms with Gasteiger partial charge in [-0.2, -0.15) is 5.26 Å². The fourth-order valence-electron chi connectivity index (χ4n) is 2.59. The summed E-state index contributed by atoms with van der Waals surface area (Å²) in [5, 5.41) is 16.9. The van der Waals surface area contributed by atoms with Gasteiger partial charge in [-0.3, -0.25) is 9.59 Å². The van der Waals surface area contributed by atoms with Gasteiger partial charge in [0.15, 0.2) is 0 Å². The molecule has 0 aliphatic carbocycles. The van der Waals surface area contributed by atoms with Crippen molar-refractivity contribution >= 4 is 46.1 Å². The Bertz CT molecular complexity index is 1080. The summed E-state index contributed by atoms with van der Waals surface area (Å²) in [7, 11) is 0. The van der Waals surface area contributed by atoms with Gasteiger partial charge in [0.25, 0.3) is 11.8 Å². The first-order valence-corrected chi connectivity index (χ1v) is 10.0. The molecule has 29 heavy (non-hydrogen) atoms. The molecule has 0 aliphatic heterocycles. The van der Waals surface area contributed by atoms with Crippen LogP contribution in [0.5, 0.6) is 0 Å². The fourth-order valence-corrected chi connectivity index (χ4v) is 3.38. The molecule has 0 radical (unpaired) electrons. The summed E-state index contributed by atoms with van der Waals surface area (Å²) in [6.07, 6.45) is 0. The lowest BCUT2D eigenvalue weighted by atomic mass is 9.86. The Morgan fingerprint density at radius 3 is 2.38 bits per heavy atom. The average molecular weight is 424 g/mol. The third-order valence-corrected chi connectivity index (χ3v) is 5.56. The molecule has 2 aromatic carbocycles. The maximum Gasteiger partial charge on any atom is 0.265 e. The largest absolute Gasteiger partial charge is 0.322 e. The number of hydrogen-bond acceptors (Lipinski definition) is 4. The lowest BCUT2D eigenvalue weighted by Gasteiger charge is -2.16. The van der Waals surface area contributed by atoms with E-state index in [0.29, 0.717) is 26.8 Å². The van der Waals surface area contributed by atoms with Crippen LogP contribution >= 0.6 is 22.9 Å². The summed E-state index contributed by atoms with van der Waals surface area (Å²) in [4.78, 5) is 25.4. The summed E-state index contributed by atoms with van der Waals surface area (Å²) < 4.78 is 0. The van der Waals surface area contributed by atoms with E-state index in [1.54, 1.807) is 36.4 Å². The van der Waals surface area contributed by atoms with Gasteiger partial charge in [-0.05, 0) is 61.2 Å². The van der Waals surface area contributed by atoms with Crippen LogP contribution in [0, 0.1) is 11.3 Å². The van der Waals surface area contributed by atoms with Crippen LogP contribution in [0.4, 0.5) is 11.4 Å². The summed E-state index contributed by atoms with van der Waals surface area (Å²) in [5.41, 5.74) is 1.59. The van der Waals surface area contributed by atoms with Crippen molar-refractivity contribution in [1.82, 2.24) is 0 Å². The van der Waals surface area contributed by atoms with E-state index in [4.69, 9.17) is 11.6 Å².